The summed E-state index contributed by atoms with van der Waals surface area (Å²) in [6, 6.07) is 13.4. The van der Waals surface area contributed by atoms with E-state index >= 15 is 0 Å². The minimum Gasteiger partial charge on any atom is -0.497 e. The molecular formula is C17H14O5. The first-order valence-electron chi connectivity index (χ1n) is 6.45. The van der Waals surface area contributed by atoms with Gasteiger partial charge in [0.1, 0.15) is 17.2 Å². The first kappa shape index (κ1) is 15.3. The number of carbonyl (C=O) groups excluding carboxylic acids is 2. The Labute approximate surface area is 127 Å². The average molecular weight is 298 g/mol. The number of rotatable bonds is 6. The highest BCUT2D eigenvalue weighted by Crippen LogP contribution is 2.17. The van der Waals surface area contributed by atoms with E-state index in [1.807, 2.05) is 12.1 Å². The first-order valence-corrected chi connectivity index (χ1v) is 6.45. The maximum absolute atomic E-state index is 11.7. The molecule has 0 aliphatic carbocycles. The van der Waals surface area contributed by atoms with E-state index < -0.39 is 5.97 Å². The Morgan fingerprint density at radius 3 is 2.09 bits per heavy atom. The van der Waals surface area contributed by atoms with Crippen LogP contribution in [-0.4, -0.2) is 19.6 Å². The van der Waals surface area contributed by atoms with E-state index in [4.69, 9.17) is 9.47 Å². The van der Waals surface area contributed by atoms with Gasteiger partial charge in [0.05, 0.1) is 7.11 Å². The average Bonchev–Trinajstić information content (AvgIpc) is 2.55. The summed E-state index contributed by atoms with van der Waals surface area (Å²) in [5.74, 6) is 0.989. The molecule has 0 fully saturated rings. The summed E-state index contributed by atoms with van der Waals surface area (Å²) in [4.78, 5) is 21.9. The second-order valence-corrected chi connectivity index (χ2v) is 4.21. The Balaban J connectivity index is 1.93. The van der Waals surface area contributed by atoms with E-state index in [0.717, 1.165) is 11.3 Å². The summed E-state index contributed by atoms with van der Waals surface area (Å²) in [6.45, 7) is 0.332. The molecule has 0 bridgehead atoms. The van der Waals surface area contributed by atoms with Gasteiger partial charge in [-0.3, -0.25) is 4.79 Å². The van der Waals surface area contributed by atoms with Gasteiger partial charge in [0.25, 0.3) is 6.47 Å². The van der Waals surface area contributed by atoms with Crippen LogP contribution in [0.1, 0.15) is 5.56 Å². The molecule has 0 heterocycles. The van der Waals surface area contributed by atoms with Crippen molar-refractivity contribution in [1.29, 1.82) is 0 Å². The maximum atomic E-state index is 11.7. The van der Waals surface area contributed by atoms with Gasteiger partial charge < -0.3 is 14.2 Å². The molecule has 0 aromatic heterocycles. The van der Waals surface area contributed by atoms with Crippen molar-refractivity contribution in [1.82, 2.24) is 0 Å². The molecule has 0 N–H and O–H groups in total. The fourth-order valence-electron chi connectivity index (χ4n) is 1.67. The molecule has 112 valence electrons. The van der Waals surface area contributed by atoms with Gasteiger partial charge in [-0.15, -0.1) is 0 Å². The number of esters is 1. The molecule has 5 heteroatoms. The SMILES string of the molecule is COc1ccc(/C=C/C(=O)Oc2ccc(OC=O)cc2)cc1. The molecular weight excluding hydrogens is 284 g/mol. The van der Waals surface area contributed by atoms with E-state index in [2.05, 4.69) is 4.74 Å². The summed E-state index contributed by atoms with van der Waals surface area (Å²) >= 11 is 0. The molecule has 2 aromatic rings. The van der Waals surface area contributed by atoms with Gasteiger partial charge in [-0.05, 0) is 48.0 Å². The van der Waals surface area contributed by atoms with Crippen LogP contribution >= 0.6 is 0 Å². The smallest absolute Gasteiger partial charge is 0.336 e. The van der Waals surface area contributed by atoms with Gasteiger partial charge >= 0.3 is 5.97 Å². The van der Waals surface area contributed by atoms with Crippen LogP contribution < -0.4 is 14.2 Å². The lowest BCUT2D eigenvalue weighted by atomic mass is 10.2. The number of ether oxygens (including phenoxy) is 3. The molecule has 0 unspecified atom stereocenters. The van der Waals surface area contributed by atoms with Crippen molar-refractivity contribution in [2.75, 3.05) is 7.11 Å². The van der Waals surface area contributed by atoms with Crippen LogP contribution in [0.3, 0.4) is 0 Å². The Hall–Kier alpha value is -3.08. The molecule has 5 nitrogen and oxygen atoms in total. The van der Waals surface area contributed by atoms with Crippen molar-refractivity contribution in [3.63, 3.8) is 0 Å². The van der Waals surface area contributed by atoms with Crippen LogP contribution in [0.5, 0.6) is 17.2 Å². The molecule has 0 radical (unpaired) electrons. The van der Waals surface area contributed by atoms with Crippen molar-refractivity contribution in [3.8, 4) is 17.2 Å². The third kappa shape index (κ3) is 4.49. The van der Waals surface area contributed by atoms with Crippen molar-refractivity contribution < 1.29 is 23.8 Å². The lowest BCUT2D eigenvalue weighted by molar-refractivity contribution is -0.129. The van der Waals surface area contributed by atoms with Crippen LogP contribution in [0.2, 0.25) is 0 Å². The van der Waals surface area contributed by atoms with E-state index in [-0.39, 0.29) is 0 Å². The van der Waals surface area contributed by atoms with Crippen LogP contribution in [0.4, 0.5) is 0 Å². The number of benzene rings is 2. The molecule has 0 aliphatic rings. The number of hydrogen-bond acceptors (Lipinski definition) is 5. The molecule has 0 atom stereocenters. The summed E-state index contributed by atoms with van der Waals surface area (Å²) in [5.41, 5.74) is 0.854. The van der Waals surface area contributed by atoms with Gasteiger partial charge in [0.2, 0.25) is 0 Å². The van der Waals surface area contributed by atoms with E-state index in [1.54, 1.807) is 25.3 Å². The second kappa shape index (κ2) is 7.64. The van der Waals surface area contributed by atoms with Gasteiger partial charge in [-0.1, -0.05) is 12.1 Å². The number of carbonyl (C=O) groups is 2. The maximum Gasteiger partial charge on any atom is 0.336 e. The zero-order chi connectivity index (χ0) is 15.8. The summed E-state index contributed by atoms with van der Waals surface area (Å²) < 4.78 is 14.8. The van der Waals surface area contributed by atoms with Crippen LogP contribution in [0, 0.1) is 0 Å². The van der Waals surface area contributed by atoms with Crippen LogP contribution in [0.15, 0.2) is 54.6 Å². The molecule has 2 aromatic carbocycles. The van der Waals surface area contributed by atoms with E-state index in [1.165, 1.54) is 30.3 Å². The highest BCUT2D eigenvalue weighted by atomic mass is 16.5. The largest absolute Gasteiger partial charge is 0.497 e. The molecule has 0 spiro atoms. The van der Waals surface area contributed by atoms with Gasteiger partial charge in [0, 0.05) is 6.08 Å². The highest BCUT2D eigenvalue weighted by molar-refractivity contribution is 5.88. The van der Waals surface area contributed by atoms with Gasteiger partial charge in [0.15, 0.2) is 0 Å². The quantitative estimate of drug-likeness (QED) is 0.355. The first-order chi connectivity index (χ1) is 10.7. The standard InChI is InChI=1S/C17H14O5/c1-20-14-5-2-13(3-6-14)4-11-17(19)22-16-9-7-15(8-10-16)21-12-18/h2-12H,1H3/b11-4+. The minimum absolute atomic E-state index is 0.332. The Bertz CT molecular complexity index is 656. The molecule has 22 heavy (non-hydrogen) atoms. The lowest BCUT2D eigenvalue weighted by Crippen LogP contribution is -2.03. The molecule has 0 saturated heterocycles. The zero-order valence-corrected chi connectivity index (χ0v) is 11.9. The van der Waals surface area contributed by atoms with Gasteiger partial charge in [-0.25, -0.2) is 4.79 Å². The molecule has 2 rings (SSSR count). The van der Waals surface area contributed by atoms with Crippen molar-refractivity contribution >= 4 is 18.5 Å². The van der Waals surface area contributed by atoms with Crippen molar-refractivity contribution in [2.24, 2.45) is 0 Å². The Morgan fingerprint density at radius 1 is 0.909 bits per heavy atom. The van der Waals surface area contributed by atoms with E-state index in [0.29, 0.717) is 18.0 Å². The third-order valence-electron chi connectivity index (χ3n) is 2.75. The second-order valence-electron chi connectivity index (χ2n) is 4.21. The monoisotopic (exact) mass is 298 g/mol. The lowest BCUT2D eigenvalue weighted by Gasteiger charge is -2.02. The summed E-state index contributed by atoms with van der Waals surface area (Å²) in [5, 5.41) is 0. The van der Waals surface area contributed by atoms with Crippen molar-refractivity contribution in [2.45, 2.75) is 0 Å². The summed E-state index contributed by atoms with van der Waals surface area (Å²) in [6.07, 6.45) is 2.98. The predicted molar refractivity (Wildman–Crippen MR) is 80.8 cm³/mol. The minimum atomic E-state index is -0.500. The van der Waals surface area contributed by atoms with Gasteiger partial charge in [-0.2, -0.15) is 0 Å². The third-order valence-corrected chi connectivity index (χ3v) is 2.75. The topological polar surface area (TPSA) is 61.8 Å². The Morgan fingerprint density at radius 2 is 1.50 bits per heavy atom. The molecule has 0 aliphatic heterocycles. The number of methoxy groups -OCH3 is 1. The van der Waals surface area contributed by atoms with Crippen molar-refractivity contribution in [3.05, 3.63) is 60.2 Å². The van der Waals surface area contributed by atoms with E-state index in [9.17, 15) is 9.59 Å². The fraction of sp³-hybridized carbons (Fsp3) is 0.0588. The van der Waals surface area contributed by atoms with Crippen LogP contribution in [0.25, 0.3) is 6.08 Å². The van der Waals surface area contributed by atoms with Crippen LogP contribution in [-0.2, 0) is 9.59 Å². The molecule has 0 saturated carbocycles. The zero-order valence-electron chi connectivity index (χ0n) is 11.9. The predicted octanol–water partition coefficient (Wildman–Crippen LogP) is 2.85. The highest BCUT2D eigenvalue weighted by Gasteiger charge is 2.01. The molecule has 0 amide bonds. The fourth-order valence-corrected chi connectivity index (χ4v) is 1.67. The summed E-state index contributed by atoms with van der Waals surface area (Å²) in [7, 11) is 1.59. The number of hydrogen-bond donors (Lipinski definition) is 0. The Kier molecular flexibility index (Phi) is 5.31. The normalized spacial score (nSPS) is 10.2.